The van der Waals surface area contributed by atoms with Crippen LogP contribution in [-0.2, 0) is 0 Å². The molecule has 0 saturated heterocycles. The Morgan fingerprint density at radius 3 is 3.10 bits per heavy atom. The number of thiophene rings is 1. The van der Waals surface area contributed by atoms with E-state index in [2.05, 4.69) is 20.8 Å². The summed E-state index contributed by atoms with van der Waals surface area (Å²) < 4.78 is 1.48. The number of hydrogen-bond acceptors (Lipinski definition) is 6. The summed E-state index contributed by atoms with van der Waals surface area (Å²) in [4.78, 5) is 13.1. The number of rotatable bonds is 4. The molecule has 0 aromatic carbocycles. The highest BCUT2D eigenvalue weighted by Gasteiger charge is 2.27. The maximum atomic E-state index is 12.5. The summed E-state index contributed by atoms with van der Waals surface area (Å²) in [7, 11) is 0. The van der Waals surface area contributed by atoms with Gasteiger partial charge in [-0.3, -0.25) is 4.79 Å². The fraction of sp³-hybridized carbons (Fsp3) is 0.538. The number of carbonyl (C=O) groups excluding carboxylic acids is 1. The SMILES string of the molecule is O=C(NC1CCCCC1CO)c1sccc1-n1cnnn1. The minimum absolute atomic E-state index is 0.0417. The van der Waals surface area contributed by atoms with Gasteiger partial charge in [-0.15, -0.1) is 16.4 Å². The highest BCUT2D eigenvalue weighted by Crippen LogP contribution is 2.26. The van der Waals surface area contributed by atoms with Gasteiger partial charge >= 0.3 is 0 Å². The van der Waals surface area contributed by atoms with E-state index in [4.69, 9.17) is 0 Å². The van der Waals surface area contributed by atoms with Crippen LogP contribution in [0.3, 0.4) is 0 Å². The molecule has 21 heavy (non-hydrogen) atoms. The lowest BCUT2D eigenvalue weighted by atomic mass is 9.85. The standard InChI is InChI=1S/C13H17N5O2S/c19-7-9-3-1-2-4-10(9)15-13(20)12-11(5-6-21-12)18-8-14-16-17-18/h5-6,8-10,19H,1-4,7H2,(H,15,20). The number of nitrogens with zero attached hydrogens (tertiary/aromatic N) is 4. The Labute approximate surface area is 126 Å². The molecule has 2 N–H and O–H groups in total. The first-order chi connectivity index (χ1) is 10.3. The van der Waals surface area contributed by atoms with Crippen molar-refractivity contribution in [2.75, 3.05) is 6.61 Å². The van der Waals surface area contributed by atoms with Crippen LogP contribution in [0.2, 0.25) is 0 Å². The summed E-state index contributed by atoms with van der Waals surface area (Å²) in [6.07, 6.45) is 5.56. The zero-order valence-corrected chi connectivity index (χ0v) is 12.3. The molecule has 2 heterocycles. The van der Waals surface area contributed by atoms with Crippen molar-refractivity contribution < 1.29 is 9.90 Å². The van der Waals surface area contributed by atoms with Crippen LogP contribution in [0.1, 0.15) is 35.4 Å². The van der Waals surface area contributed by atoms with Crippen LogP contribution in [0.25, 0.3) is 5.69 Å². The maximum Gasteiger partial charge on any atom is 0.263 e. The van der Waals surface area contributed by atoms with E-state index >= 15 is 0 Å². The van der Waals surface area contributed by atoms with Gasteiger partial charge in [0.05, 0.1) is 5.69 Å². The summed E-state index contributed by atoms with van der Waals surface area (Å²) in [6.45, 7) is 0.120. The number of tetrazole rings is 1. The molecule has 7 nitrogen and oxygen atoms in total. The zero-order chi connectivity index (χ0) is 14.7. The van der Waals surface area contributed by atoms with Gasteiger partial charge in [0.25, 0.3) is 5.91 Å². The van der Waals surface area contributed by atoms with Crippen molar-refractivity contribution in [2.45, 2.75) is 31.7 Å². The van der Waals surface area contributed by atoms with Crippen molar-refractivity contribution in [2.24, 2.45) is 5.92 Å². The highest BCUT2D eigenvalue weighted by molar-refractivity contribution is 7.12. The molecule has 1 fully saturated rings. The lowest BCUT2D eigenvalue weighted by Gasteiger charge is -2.30. The average Bonchev–Trinajstić information content (AvgIpc) is 3.18. The minimum Gasteiger partial charge on any atom is -0.396 e. The third-order valence-electron chi connectivity index (χ3n) is 3.91. The topological polar surface area (TPSA) is 92.9 Å². The van der Waals surface area contributed by atoms with Gasteiger partial charge in [-0.05, 0) is 34.7 Å². The van der Waals surface area contributed by atoms with E-state index in [1.807, 2.05) is 11.4 Å². The Morgan fingerprint density at radius 1 is 1.48 bits per heavy atom. The second-order valence-corrected chi connectivity index (χ2v) is 6.11. The summed E-state index contributed by atoms with van der Waals surface area (Å²) in [5.74, 6) is 0.0278. The van der Waals surface area contributed by atoms with Crippen LogP contribution in [0, 0.1) is 5.92 Å². The van der Waals surface area contributed by atoms with Crippen LogP contribution in [-0.4, -0.2) is 43.9 Å². The van der Waals surface area contributed by atoms with E-state index in [0.29, 0.717) is 10.6 Å². The smallest absolute Gasteiger partial charge is 0.263 e. The monoisotopic (exact) mass is 307 g/mol. The number of carbonyl (C=O) groups is 1. The van der Waals surface area contributed by atoms with Gasteiger partial charge in [0.1, 0.15) is 11.2 Å². The number of aromatic nitrogens is 4. The molecule has 0 spiro atoms. The van der Waals surface area contributed by atoms with Gasteiger partial charge in [-0.25, -0.2) is 0 Å². The molecule has 2 aromatic heterocycles. The predicted octanol–water partition coefficient (Wildman–Crippen LogP) is 1.00. The van der Waals surface area contributed by atoms with Crippen molar-refractivity contribution in [3.05, 3.63) is 22.7 Å². The van der Waals surface area contributed by atoms with Gasteiger partial charge in [-0.1, -0.05) is 12.8 Å². The maximum absolute atomic E-state index is 12.5. The van der Waals surface area contributed by atoms with Gasteiger partial charge in [0.2, 0.25) is 0 Å². The molecule has 0 aliphatic heterocycles. The largest absolute Gasteiger partial charge is 0.396 e. The quantitative estimate of drug-likeness (QED) is 0.879. The number of amides is 1. The molecular weight excluding hydrogens is 290 g/mol. The van der Waals surface area contributed by atoms with Gasteiger partial charge in [-0.2, -0.15) is 4.68 Å². The first-order valence-electron chi connectivity index (χ1n) is 7.02. The molecule has 2 unspecified atom stereocenters. The molecule has 2 atom stereocenters. The van der Waals surface area contributed by atoms with Crippen LogP contribution < -0.4 is 5.32 Å². The van der Waals surface area contributed by atoms with E-state index in [-0.39, 0.29) is 24.5 Å². The molecule has 1 amide bonds. The molecule has 1 aliphatic rings. The average molecular weight is 307 g/mol. The van der Waals surface area contributed by atoms with Gasteiger partial charge in [0.15, 0.2) is 0 Å². The Morgan fingerprint density at radius 2 is 2.33 bits per heavy atom. The Kier molecular flexibility index (Phi) is 4.26. The molecule has 3 rings (SSSR count). The molecule has 1 aliphatic carbocycles. The summed E-state index contributed by atoms with van der Waals surface area (Å²) >= 11 is 1.36. The summed E-state index contributed by atoms with van der Waals surface area (Å²) in [5.41, 5.74) is 0.679. The second kappa shape index (κ2) is 6.31. The fourth-order valence-electron chi connectivity index (χ4n) is 2.77. The molecule has 8 heteroatoms. The molecule has 0 bridgehead atoms. The molecular formula is C13H17N5O2S. The number of hydrogen-bond donors (Lipinski definition) is 2. The lowest BCUT2D eigenvalue weighted by molar-refractivity contribution is 0.0876. The van der Waals surface area contributed by atoms with Crippen LogP contribution in [0.15, 0.2) is 17.8 Å². The number of aliphatic hydroxyl groups is 1. The predicted molar refractivity (Wildman–Crippen MR) is 77.3 cm³/mol. The molecule has 1 saturated carbocycles. The van der Waals surface area contributed by atoms with E-state index in [0.717, 1.165) is 25.7 Å². The van der Waals surface area contributed by atoms with Gasteiger partial charge in [0, 0.05) is 18.6 Å². The number of nitrogens with one attached hydrogen (secondary N) is 1. The second-order valence-electron chi connectivity index (χ2n) is 5.20. The van der Waals surface area contributed by atoms with Gasteiger partial charge < -0.3 is 10.4 Å². The van der Waals surface area contributed by atoms with E-state index in [1.165, 1.54) is 22.3 Å². The third kappa shape index (κ3) is 2.96. The molecule has 0 radical (unpaired) electrons. The third-order valence-corrected chi connectivity index (χ3v) is 4.81. The zero-order valence-electron chi connectivity index (χ0n) is 11.5. The van der Waals surface area contributed by atoms with Crippen molar-refractivity contribution in [3.63, 3.8) is 0 Å². The van der Waals surface area contributed by atoms with Crippen LogP contribution in [0.5, 0.6) is 0 Å². The van der Waals surface area contributed by atoms with Crippen LogP contribution in [0.4, 0.5) is 0 Å². The first kappa shape index (κ1) is 14.2. The highest BCUT2D eigenvalue weighted by atomic mass is 32.1. The summed E-state index contributed by atoms with van der Waals surface area (Å²) in [6, 6.07) is 1.86. The van der Waals surface area contributed by atoms with E-state index < -0.39 is 0 Å². The van der Waals surface area contributed by atoms with Crippen molar-refractivity contribution >= 4 is 17.2 Å². The van der Waals surface area contributed by atoms with Crippen molar-refractivity contribution in [1.82, 2.24) is 25.5 Å². The van der Waals surface area contributed by atoms with E-state index in [9.17, 15) is 9.90 Å². The first-order valence-corrected chi connectivity index (χ1v) is 7.90. The molecule has 112 valence electrons. The van der Waals surface area contributed by atoms with Crippen molar-refractivity contribution in [1.29, 1.82) is 0 Å². The fourth-order valence-corrected chi connectivity index (χ4v) is 3.56. The number of aliphatic hydroxyl groups excluding tert-OH is 1. The van der Waals surface area contributed by atoms with E-state index in [1.54, 1.807) is 0 Å². The normalized spacial score (nSPS) is 22.1. The van der Waals surface area contributed by atoms with Crippen molar-refractivity contribution in [3.8, 4) is 5.69 Å². The Bertz CT molecular complexity index is 597. The minimum atomic E-state index is -0.124. The molecule has 2 aromatic rings. The Hall–Kier alpha value is -1.80. The summed E-state index contributed by atoms with van der Waals surface area (Å²) in [5, 5.41) is 25.3. The van der Waals surface area contributed by atoms with Crippen LogP contribution >= 0.6 is 11.3 Å². The Balaban J connectivity index is 1.75. The lowest BCUT2D eigenvalue weighted by Crippen LogP contribution is -2.43.